The molecule has 4 atom stereocenters. The lowest BCUT2D eigenvalue weighted by Crippen LogP contribution is -2.59. The Hall–Kier alpha value is -0.200. The SMILES string of the molecule is OCC1(O)CCC(O)C(O)C1O.[C]. The van der Waals surface area contributed by atoms with E-state index in [0.29, 0.717) is 0 Å². The van der Waals surface area contributed by atoms with Gasteiger partial charge in [-0.15, -0.1) is 0 Å². The van der Waals surface area contributed by atoms with Crippen LogP contribution >= 0.6 is 0 Å². The van der Waals surface area contributed by atoms with Crippen LogP contribution in [0.2, 0.25) is 0 Å². The highest BCUT2D eigenvalue weighted by atomic mass is 16.4. The summed E-state index contributed by atoms with van der Waals surface area (Å²) in [6, 6.07) is 0. The predicted octanol–water partition coefficient (Wildman–Crippen LogP) is -2.33. The second-order valence-corrected chi connectivity index (χ2v) is 3.30. The summed E-state index contributed by atoms with van der Waals surface area (Å²) in [7, 11) is 0. The molecular formula is C8H14O5. The molecule has 0 aliphatic heterocycles. The molecular weight excluding hydrogens is 176 g/mol. The molecule has 5 nitrogen and oxygen atoms in total. The van der Waals surface area contributed by atoms with Crippen molar-refractivity contribution in [2.24, 2.45) is 0 Å². The summed E-state index contributed by atoms with van der Waals surface area (Å²) in [6.07, 6.45) is -3.62. The standard InChI is InChI=1S/C7H14O5.C/c8-3-7(12)2-1-4(9)5(10)6(7)11;/h4-6,8-12H,1-3H2;. The molecule has 13 heavy (non-hydrogen) atoms. The van der Waals surface area contributed by atoms with Gasteiger partial charge in [-0.1, -0.05) is 0 Å². The van der Waals surface area contributed by atoms with Gasteiger partial charge in [0.1, 0.15) is 17.8 Å². The van der Waals surface area contributed by atoms with Crippen LogP contribution in [0.1, 0.15) is 12.8 Å². The van der Waals surface area contributed by atoms with Crippen molar-refractivity contribution in [3.05, 3.63) is 7.43 Å². The van der Waals surface area contributed by atoms with Gasteiger partial charge in [-0.25, -0.2) is 0 Å². The van der Waals surface area contributed by atoms with Crippen molar-refractivity contribution >= 4 is 0 Å². The van der Waals surface area contributed by atoms with E-state index in [2.05, 4.69) is 0 Å². The van der Waals surface area contributed by atoms with E-state index in [-0.39, 0.29) is 20.3 Å². The Labute approximate surface area is 77.3 Å². The first-order chi connectivity index (χ1) is 5.51. The maximum Gasteiger partial charge on any atom is 0.116 e. The molecule has 76 valence electrons. The third-order valence-corrected chi connectivity index (χ3v) is 2.42. The fraction of sp³-hybridized carbons (Fsp3) is 0.875. The zero-order chi connectivity index (χ0) is 9.35. The molecule has 5 heteroatoms. The van der Waals surface area contributed by atoms with Crippen LogP contribution in [0.25, 0.3) is 0 Å². The molecule has 1 aliphatic carbocycles. The van der Waals surface area contributed by atoms with Gasteiger partial charge in [-0.05, 0) is 12.8 Å². The molecule has 5 N–H and O–H groups in total. The van der Waals surface area contributed by atoms with Crippen molar-refractivity contribution in [3.8, 4) is 0 Å². The van der Waals surface area contributed by atoms with E-state index in [9.17, 15) is 10.2 Å². The normalized spacial score (nSPS) is 45.5. The minimum Gasteiger partial charge on any atom is -0.393 e. The summed E-state index contributed by atoms with van der Waals surface area (Å²) < 4.78 is 0. The van der Waals surface area contributed by atoms with E-state index >= 15 is 0 Å². The molecule has 1 fully saturated rings. The average Bonchev–Trinajstić information content (AvgIpc) is 2.09. The molecule has 1 rings (SSSR count). The first-order valence-corrected chi connectivity index (χ1v) is 3.89. The van der Waals surface area contributed by atoms with Gasteiger partial charge in [0.15, 0.2) is 0 Å². The van der Waals surface area contributed by atoms with Gasteiger partial charge >= 0.3 is 0 Å². The Morgan fingerprint density at radius 3 is 2.23 bits per heavy atom. The van der Waals surface area contributed by atoms with E-state index in [1.807, 2.05) is 0 Å². The number of aliphatic hydroxyl groups excluding tert-OH is 4. The topological polar surface area (TPSA) is 101 Å². The Kier molecular flexibility index (Phi) is 4.28. The third-order valence-electron chi connectivity index (χ3n) is 2.42. The van der Waals surface area contributed by atoms with E-state index in [4.69, 9.17) is 15.3 Å². The Bertz CT molecular complexity index is 163. The fourth-order valence-corrected chi connectivity index (χ4v) is 1.42. The van der Waals surface area contributed by atoms with Crippen molar-refractivity contribution < 1.29 is 25.5 Å². The van der Waals surface area contributed by atoms with E-state index in [0.717, 1.165) is 0 Å². The van der Waals surface area contributed by atoms with Crippen molar-refractivity contribution in [1.29, 1.82) is 0 Å². The first-order valence-electron chi connectivity index (χ1n) is 3.89. The van der Waals surface area contributed by atoms with Crippen LogP contribution in [0.4, 0.5) is 0 Å². The predicted molar refractivity (Wildman–Crippen MR) is 42.5 cm³/mol. The highest BCUT2D eigenvalue weighted by Crippen LogP contribution is 2.28. The van der Waals surface area contributed by atoms with Crippen molar-refractivity contribution in [2.75, 3.05) is 6.61 Å². The monoisotopic (exact) mass is 190 g/mol. The van der Waals surface area contributed by atoms with E-state index in [1.54, 1.807) is 0 Å². The molecule has 0 amide bonds. The van der Waals surface area contributed by atoms with Crippen LogP contribution in [0, 0.1) is 7.43 Å². The van der Waals surface area contributed by atoms with E-state index < -0.39 is 30.5 Å². The number of hydrogen-bond donors (Lipinski definition) is 5. The third kappa shape index (κ3) is 2.18. The lowest BCUT2D eigenvalue weighted by molar-refractivity contribution is -0.197. The summed E-state index contributed by atoms with van der Waals surface area (Å²) in [5.74, 6) is 0. The van der Waals surface area contributed by atoms with Crippen LogP contribution < -0.4 is 0 Å². The van der Waals surface area contributed by atoms with Gasteiger partial charge in [0.25, 0.3) is 0 Å². The minimum absolute atomic E-state index is 0. The smallest absolute Gasteiger partial charge is 0.116 e. The Morgan fingerprint density at radius 2 is 1.77 bits per heavy atom. The molecule has 0 aromatic carbocycles. The lowest BCUT2D eigenvalue weighted by atomic mass is 9.79. The van der Waals surface area contributed by atoms with E-state index in [1.165, 1.54) is 0 Å². The van der Waals surface area contributed by atoms with Gasteiger partial charge in [0.2, 0.25) is 0 Å². The summed E-state index contributed by atoms with van der Waals surface area (Å²) in [5.41, 5.74) is -1.67. The van der Waals surface area contributed by atoms with Gasteiger partial charge in [0, 0.05) is 7.43 Å². The molecule has 4 radical (unpaired) electrons. The van der Waals surface area contributed by atoms with Gasteiger partial charge in [0.05, 0.1) is 12.7 Å². The van der Waals surface area contributed by atoms with Crippen molar-refractivity contribution in [1.82, 2.24) is 0 Å². The van der Waals surface area contributed by atoms with Crippen LogP contribution in [-0.2, 0) is 0 Å². The summed E-state index contributed by atoms with van der Waals surface area (Å²) in [4.78, 5) is 0. The molecule has 1 aliphatic rings. The van der Waals surface area contributed by atoms with Crippen LogP contribution in [0.3, 0.4) is 0 Å². The maximum absolute atomic E-state index is 9.47. The Morgan fingerprint density at radius 1 is 1.23 bits per heavy atom. The highest BCUT2D eigenvalue weighted by Gasteiger charge is 2.46. The zero-order valence-corrected chi connectivity index (χ0v) is 7.09. The summed E-state index contributed by atoms with van der Waals surface area (Å²) >= 11 is 0. The highest BCUT2D eigenvalue weighted by molar-refractivity contribution is 4.97. The van der Waals surface area contributed by atoms with Gasteiger partial charge in [-0.3, -0.25) is 0 Å². The molecule has 0 aromatic rings. The van der Waals surface area contributed by atoms with Gasteiger partial charge < -0.3 is 25.5 Å². The summed E-state index contributed by atoms with van der Waals surface area (Å²) in [5, 5.41) is 45.6. The molecule has 0 bridgehead atoms. The molecule has 0 aromatic heterocycles. The van der Waals surface area contributed by atoms with Crippen LogP contribution in [-0.4, -0.2) is 56.1 Å². The second-order valence-electron chi connectivity index (χ2n) is 3.30. The average molecular weight is 190 g/mol. The molecule has 0 heterocycles. The second kappa shape index (κ2) is 4.34. The number of hydrogen-bond acceptors (Lipinski definition) is 5. The maximum atomic E-state index is 9.47. The fourth-order valence-electron chi connectivity index (χ4n) is 1.42. The molecule has 0 spiro atoms. The van der Waals surface area contributed by atoms with Crippen molar-refractivity contribution in [3.63, 3.8) is 0 Å². The Balaban J connectivity index is 0.00000144. The molecule has 4 unspecified atom stereocenters. The van der Waals surface area contributed by atoms with Crippen molar-refractivity contribution in [2.45, 2.75) is 36.8 Å². The quantitative estimate of drug-likeness (QED) is 0.319. The van der Waals surface area contributed by atoms with Crippen LogP contribution in [0.15, 0.2) is 0 Å². The first kappa shape index (κ1) is 12.8. The lowest BCUT2D eigenvalue weighted by Gasteiger charge is -2.40. The minimum atomic E-state index is -1.67. The zero-order valence-electron chi connectivity index (χ0n) is 7.09. The van der Waals surface area contributed by atoms with Crippen LogP contribution in [0.5, 0.6) is 0 Å². The number of aliphatic hydroxyl groups is 5. The van der Waals surface area contributed by atoms with Gasteiger partial charge in [-0.2, -0.15) is 0 Å². The summed E-state index contributed by atoms with van der Waals surface area (Å²) in [6.45, 7) is -0.613. The number of rotatable bonds is 1. The largest absolute Gasteiger partial charge is 0.393 e. The molecule has 1 saturated carbocycles. The molecule has 0 saturated heterocycles.